The third-order valence-corrected chi connectivity index (χ3v) is 26.7. The van der Waals surface area contributed by atoms with Crippen molar-refractivity contribution < 1.29 is 42.7 Å². The maximum Gasteiger partial charge on any atom is 0.486 e. The molecule has 240 valence electrons. The van der Waals surface area contributed by atoms with E-state index in [-0.39, 0.29) is 30.5 Å². The van der Waals surface area contributed by atoms with Crippen LogP contribution in [0.15, 0.2) is 0 Å². The van der Waals surface area contributed by atoms with Crippen molar-refractivity contribution in [2.45, 2.75) is 165 Å². The van der Waals surface area contributed by atoms with Gasteiger partial charge < -0.3 is 42.7 Å². The Hall–Kier alpha value is 0.684. The highest BCUT2D eigenvalue weighted by molar-refractivity contribution is 6.89. The second-order valence-electron chi connectivity index (χ2n) is 11.5. The molecule has 0 radical (unpaired) electrons. The van der Waals surface area contributed by atoms with Crippen LogP contribution in [0.25, 0.3) is 0 Å². The zero-order chi connectivity index (χ0) is 31.0. The van der Waals surface area contributed by atoms with Gasteiger partial charge >= 0.3 is 44.0 Å². The molecule has 0 spiro atoms. The normalized spacial score (nSPS) is 34.5. The highest BCUT2D eigenvalue weighted by atomic mass is 28.6. The van der Waals surface area contributed by atoms with E-state index in [0.29, 0.717) is 30.2 Å². The summed E-state index contributed by atoms with van der Waals surface area (Å²) in [6, 6.07) is 2.44. The lowest BCUT2D eigenvalue weighted by atomic mass is 10.5. The molecular formula is C25H60O10Si5. The Morgan fingerprint density at radius 3 is 0.525 bits per heavy atom. The molecule has 0 amide bonds. The molecule has 1 rings (SSSR count). The summed E-state index contributed by atoms with van der Waals surface area (Å²) in [7, 11) is -17.7. The molecule has 0 atom stereocenters. The summed E-state index contributed by atoms with van der Waals surface area (Å²) >= 11 is 0. The number of hydrogen-bond acceptors (Lipinski definition) is 10. The molecule has 1 heterocycles. The first-order chi connectivity index (χ1) is 18.4. The minimum absolute atomic E-state index is 0.170. The Morgan fingerprint density at radius 1 is 0.325 bits per heavy atom. The van der Waals surface area contributed by atoms with Gasteiger partial charge in [0.1, 0.15) is 0 Å². The topological polar surface area (TPSA) is 92.3 Å². The van der Waals surface area contributed by atoms with Gasteiger partial charge in [0, 0.05) is 60.7 Å². The molecule has 1 saturated heterocycles. The average molecular weight is 661 g/mol. The summed E-state index contributed by atoms with van der Waals surface area (Å²) in [6.45, 7) is 30.0. The molecule has 0 bridgehead atoms. The van der Waals surface area contributed by atoms with Crippen LogP contribution in [0.1, 0.15) is 104 Å². The second-order valence-corrected chi connectivity index (χ2v) is 27.2. The van der Waals surface area contributed by atoms with Crippen molar-refractivity contribution in [2.75, 3.05) is 0 Å². The predicted octanol–water partition coefficient (Wildman–Crippen LogP) is 7.00. The van der Waals surface area contributed by atoms with Gasteiger partial charge in [-0.2, -0.15) is 0 Å². The Balaban J connectivity index is 4.19. The zero-order valence-electron chi connectivity index (χ0n) is 28.0. The van der Waals surface area contributed by atoms with Gasteiger partial charge in [-0.05, 0) is 69.2 Å². The molecule has 15 heteroatoms. The molecule has 0 N–H and O–H groups in total. The lowest BCUT2D eigenvalue weighted by molar-refractivity contribution is -0.0103. The van der Waals surface area contributed by atoms with Crippen LogP contribution in [0.2, 0.25) is 30.2 Å². The SMILES string of the molecule is CC[Si]1(OC(C)C)O[Si](CC)(OC(C)C)O[Si](CC)(OC(C)C)O[Si](CC)(OC(C)C)O[Si](CC)(OC(C)C)O1. The van der Waals surface area contributed by atoms with E-state index in [1.54, 1.807) is 0 Å². The van der Waals surface area contributed by atoms with E-state index in [9.17, 15) is 0 Å². The van der Waals surface area contributed by atoms with E-state index in [2.05, 4.69) is 0 Å². The third kappa shape index (κ3) is 11.0. The summed E-state index contributed by atoms with van der Waals surface area (Å²) in [6.07, 6.45) is -0.851. The third-order valence-electron chi connectivity index (χ3n) is 5.80. The van der Waals surface area contributed by atoms with Crippen molar-refractivity contribution >= 4 is 44.0 Å². The number of hydrogen-bond donors (Lipinski definition) is 0. The first-order valence-corrected chi connectivity index (χ1v) is 25.0. The van der Waals surface area contributed by atoms with Gasteiger partial charge in [-0.1, -0.05) is 34.6 Å². The Bertz CT molecular complexity index is 591. The van der Waals surface area contributed by atoms with Crippen LogP contribution in [0, 0.1) is 0 Å². The quantitative estimate of drug-likeness (QED) is 0.171. The van der Waals surface area contributed by atoms with Gasteiger partial charge in [-0.3, -0.25) is 0 Å². The molecule has 0 aliphatic carbocycles. The molecule has 1 aliphatic rings. The standard InChI is InChI=1S/C25H60O10Si5/c1-16-36(26-21(6)7)31-37(17-2,27-22(8)9)33-39(19-4,29-24(12)13)35-40(20-5,30-25(14)15)34-38(18-3,32-36)28-23(10)11/h21-25H,16-20H2,1-15H3. The number of rotatable bonds is 15. The summed E-state index contributed by atoms with van der Waals surface area (Å²) < 4.78 is 68.8. The molecule has 40 heavy (non-hydrogen) atoms. The lowest BCUT2D eigenvalue weighted by Gasteiger charge is -2.50. The minimum atomic E-state index is -3.53. The highest BCUT2D eigenvalue weighted by Crippen LogP contribution is 2.40. The van der Waals surface area contributed by atoms with Crippen LogP contribution in [-0.2, 0) is 42.7 Å². The van der Waals surface area contributed by atoms with E-state index in [0.717, 1.165) is 0 Å². The molecule has 0 aromatic heterocycles. The minimum Gasteiger partial charge on any atom is -0.372 e. The highest BCUT2D eigenvalue weighted by Gasteiger charge is 2.67. The van der Waals surface area contributed by atoms with E-state index in [4.69, 9.17) is 42.7 Å². The molecule has 0 aromatic rings. The van der Waals surface area contributed by atoms with Crippen LogP contribution in [0.4, 0.5) is 0 Å². The van der Waals surface area contributed by atoms with Crippen molar-refractivity contribution in [1.29, 1.82) is 0 Å². The van der Waals surface area contributed by atoms with Gasteiger partial charge in [0.25, 0.3) is 0 Å². The first-order valence-electron chi connectivity index (χ1n) is 15.3. The van der Waals surface area contributed by atoms with E-state index in [1.807, 2.05) is 104 Å². The van der Waals surface area contributed by atoms with Crippen LogP contribution in [0.3, 0.4) is 0 Å². The summed E-state index contributed by atoms with van der Waals surface area (Å²) in [5.41, 5.74) is 0. The van der Waals surface area contributed by atoms with Crippen molar-refractivity contribution in [2.24, 2.45) is 0 Å². The van der Waals surface area contributed by atoms with Gasteiger partial charge in [-0.15, -0.1) is 0 Å². The summed E-state index contributed by atoms with van der Waals surface area (Å²) in [4.78, 5) is 0. The van der Waals surface area contributed by atoms with Crippen molar-refractivity contribution in [1.82, 2.24) is 0 Å². The Morgan fingerprint density at radius 2 is 0.450 bits per heavy atom. The molecule has 1 aliphatic heterocycles. The van der Waals surface area contributed by atoms with Gasteiger partial charge in [-0.25, -0.2) is 0 Å². The largest absolute Gasteiger partial charge is 0.486 e. The van der Waals surface area contributed by atoms with E-state index < -0.39 is 44.0 Å². The van der Waals surface area contributed by atoms with Gasteiger partial charge in [0.2, 0.25) is 0 Å². The first kappa shape index (κ1) is 38.7. The van der Waals surface area contributed by atoms with Gasteiger partial charge in [0.15, 0.2) is 0 Å². The molecule has 0 saturated carbocycles. The molecule has 0 unspecified atom stereocenters. The fraction of sp³-hybridized carbons (Fsp3) is 1.00. The average Bonchev–Trinajstić information content (AvgIpc) is 2.81. The maximum absolute atomic E-state index is 7.10. The summed E-state index contributed by atoms with van der Waals surface area (Å²) in [5.74, 6) is 0. The monoisotopic (exact) mass is 660 g/mol. The zero-order valence-corrected chi connectivity index (χ0v) is 33.0. The van der Waals surface area contributed by atoms with Crippen molar-refractivity contribution in [3.05, 3.63) is 0 Å². The summed E-state index contributed by atoms with van der Waals surface area (Å²) in [5, 5.41) is 0. The fourth-order valence-electron chi connectivity index (χ4n) is 4.46. The second kappa shape index (κ2) is 16.1. The van der Waals surface area contributed by atoms with Crippen LogP contribution in [0.5, 0.6) is 0 Å². The predicted molar refractivity (Wildman–Crippen MR) is 168 cm³/mol. The van der Waals surface area contributed by atoms with Crippen LogP contribution >= 0.6 is 0 Å². The molecule has 1 fully saturated rings. The van der Waals surface area contributed by atoms with Crippen LogP contribution in [-0.4, -0.2) is 74.5 Å². The smallest absolute Gasteiger partial charge is 0.372 e. The molecular weight excluding hydrogens is 601 g/mol. The fourth-order valence-corrected chi connectivity index (χ4v) is 28.8. The Kier molecular flexibility index (Phi) is 15.6. The van der Waals surface area contributed by atoms with Crippen molar-refractivity contribution in [3.63, 3.8) is 0 Å². The van der Waals surface area contributed by atoms with E-state index >= 15 is 0 Å². The van der Waals surface area contributed by atoms with Gasteiger partial charge in [0.05, 0.1) is 0 Å². The Labute approximate surface area is 250 Å². The van der Waals surface area contributed by atoms with E-state index in [1.165, 1.54) is 0 Å². The molecule has 0 aromatic carbocycles. The van der Waals surface area contributed by atoms with Crippen LogP contribution < -0.4 is 0 Å². The molecule has 10 nitrogen and oxygen atoms in total. The maximum atomic E-state index is 7.10. The lowest BCUT2D eigenvalue weighted by Crippen LogP contribution is -2.73. The van der Waals surface area contributed by atoms with Crippen molar-refractivity contribution in [3.8, 4) is 0 Å².